The third-order valence-corrected chi connectivity index (χ3v) is 2.77. The van der Waals surface area contributed by atoms with Crippen molar-refractivity contribution >= 4 is 12.0 Å². The summed E-state index contributed by atoms with van der Waals surface area (Å²) in [6, 6.07) is 7.14. The number of benzene rings is 1. The van der Waals surface area contributed by atoms with Gasteiger partial charge in [0.2, 0.25) is 0 Å². The molecule has 0 saturated carbocycles. The number of aliphatic carboxylic acids is 1. The summed E-state index contributed by atoms with van der Waals surface area (Å²) in [4.78, 5) is 10.6. The summed E-state index contributed by atoms with van der Waals surface area (Å²) in [5, 5.41) is 13.0. The van der Waals surface area contributed by atoms with Crippen molar-refractivity contribution in [3.63, 3.8) is 0 Å². The molecule has 0 radical (unpaired) electrons. The smallest absolute Gasteiger partial charge is 0.328 e. The fourth-order valence-corrected chi connectivity index (χ4v) is 1.83. The molecule has 0 aliphatic carbocycles. The van der Waals surface area contributed by atoms with E-state index in [0.29, 0.717) is 17.1 Å². The van der Waals surface area contributed by atoms with Gasteiger partial charge >= 0.3 is 5.97 Å². The van der Waals surface area contributed by atoms with Gasteiger partial charge < -0.3 is 14.6 Å². The lowest BCUT2D eigenvalue weighted by Crippen LogP contribution is -2.01. The number of carboxylic acid groups (broad SMARTS) is 1. The first-order chi connectivity index (χ1) is 10.1. The molecule has 0 atom stereocenters. The number of aryl methyl sites for hydroxylation is 1. The highest BCUT2D eigenvalue weighted by Crippen LogP contribution is 2.32. The average molecular weight is 288 g/mol. The van der Waals surface area contributed by atoms with E-state index < -0.39 is 5.97 Å². The van der Waals surface area contributed by atoms with E-state index in [-0.39, 0.29) is 6.61 Å². The number of carboxylic acids is 1. The highest BCUT2D eigenvalue weighted by Gasteiger charge is 2.10. The molecule has 6 heteroatoms. The fraction of sp³-hybridized carbons (Fsp3) is 0.200. The highest BCUT2D eigenvalue weighted by atomic mass is 16.5. The van der Waals surface area contributed by atoms with E-state index >= 15 is 0 Å². The van der Waals surface area contributed by atoms with Gasteiger partial charge in [0.05, 0.1) is 12.8 Å². The Balaban J connectivity index is 2.24. The molecule has 1 heterocycles. The van der Waals surface area contributed by atoms with Crippen molar-refractivity contribution in [2.75, 3.05) is 7.11 Å². The fourth-order valence-electron chi connectivity index (χ4n) is 1.83. The van der Waals surface area contributed by atoms with Gasteiger partial charge in [0.1, 0.15) is 6.61 Å². The van der Waals surface area contributed by atoms with Gasteiger partial charge in [-0.05, 0) is 18.2 Å². The zero-order valence-electron chi connectivity index (χ0n) is 11.8. The molecule has 0 fully saturated rings. The van der Waals surface area contributed by atoms with Crippen LogP contribution < -0.4 is 9.47 Å². The number of hydrogen-bond donors (Lipinski definition) is 1. The minimum Gasteiger partial charge on any atom is -0.493 e. The van der Waals surface area contributed by atoms with Crippen molar-refractivity contribution < 1.29 is 19.4 Å². The minimum absolute atomic E-state index is 0.273. The van der Waals surface area contributed by atoms with Gasteiger partial charge in [-0.1, -0.05) is 12.1 Å². The van der Waals surface area contributed by atoms with Crippen LogP contribution in [0.5, 0.6) is 11.5 Å². The summed E-state index contributed by atoms with van der Waals surface area (Å²) in [6.45, 7) is 0.273. The van der Waals surface area contributed by atoms with Gasteiger partial charge in [0.25, 0.3) is 0 Å². The molecule has 1 N–H and O–H groups in total. The van der Waals surface area contributed by atoms with Crippen LogP contribution in [-0.4, -0.2) is 28.0 Å². The van der Waals surface area contributed by atoms with Crippen LogP contribution in [0.4, 0.5) is 0 Å². The van der Waals surface area contributed by atoms with Gasteiger partial charge in [-0.15, -0.1) is 0 Å². The SMILES string of the molecule is COc1cccc(/C=C/C(=O)O)c1OCc1ccn(C)n1. The summed E-state index contributed by atoms with van der Waals surface area (Å²) >= 11 is 0. The first-order valence-corrected chi connectivity index (χ1v) is 6.29. The Bertz CT molecular complexity index is 661. The Hall–Kier alpha value is -2.76. The number of nitrogens with zero attached hydrogens (tertiary/aromatic N) is 2. The van der Waals surface area contributed by atoms with Crippen LogP contribution >= 0.6 is 0 Å². The Kier molecular flexibility index (Phi) is 4.61. The number of ether oxygens (including phenoxy) is 2. The zero-order chi connectivity index (χ0) is 15.2. The molecular weight excluding hydrogens is 272 g/mol. The van der Waals surface area contributed by atoms with E-state index in [1.807, 2.05) is 19.3 Å². The van der Waals surface area contributed by atoms with E-state index in [2.05, 4.69) is 5.10 Å². The van der Waals surface area contributed by atoms with Gasteiger partial charge in [-0.3, -0.25) is 4.68 Å². The number of carbonyl (C=O) groups is 1. The first-order valence-electron chi connectivity index (χ1n) is 6.29. The third-order valence-electron chi connectivity index (χ3n) is 2.77. The van der Waals surface area contributed by atoms with Crippen LogP contribution in [0.25, 0.3) is 6.08 Å². The summed E-state index contributed by atoms with van der Waals surface area (Å²) in [6.07, 6.45) is 4.35. The predicted octanol–water partition coefficient (Wildman–Crippen LogP) is 2.11. The number of aromatic nitrogens is 2. The van der Waals surface area contributed by atoms with Crippen LogP contribution in [0, 0.1) is 0 Å². The molecule has 0 aliphatic heterocycles. The van der Waals surface area contributed by atoms with Crippen molar-refractivity contribution in [2.24, 2.45) is 7.05 Å². The number of rotatable bonds is 6. The molecule has 2 rings (SSSR count). The molecule has 1 aromatic carbocycles. The zero-order valence-corrected chi connectivity index (χ0v) is 11.8. The maximum atomic E-state index is 10.6. The Morgan fingerprint density at radius 2 is 2.24 bits per heavy atom. The molecule has 0 saturated heterocycles. The average Bonchev–Trinajstić information content (AvgIpc) is 2.88. The van der Waals surface area contributed by atoms with Crippen molar-refractivity contribution in [3.8, 4) is 11.5 Å². The van der Waals surface area contributed by atoms with Crippen molar-refractivity contribution in [1.29, 1.82) is 0 Å². The van der Waals surface area contributed by atoms with Crippen LogP contribution in [0.2, 0.25) is 0 Å². The molecule has 0 unspecified atom stereocenters. The Labute approximate surface area is 122 Å². The molecule has 21 heavy (non-hydrogen) atoms. The minimum atomic E-state index is -1.02. The molecule has 0 aliphatic rings. The first kappa shape index (κ1) is 14.6. The Morgan fingerprint density at radius 3 is 2.86 bits per heavy atom. The largest absolute Gasteiger partial charge is 0.493 e. The van der Waals surface area contributed by atoms with E-state index in [4.69, 9.17) is 14.6 Å². The third kappa shape index (κ3) is 3.85. The van der Waals surface area contributed by atoms with Gasteiger partial charge in [0, 0.05) is 24.9 Å². The lowest BCUT2D eigenvalue weighted by molar-refractivity contribution is -0.131. The molecule has 6 nitrogen and oxygen atoms in total. The quantitative estimate of drug-likeness (QED) is 0.824. The summed E-state index contributed by atoms with van der Waals surface area (Å²) in [5.41, 5.74) is 1.41. The predicted molar refractivity (Wildman–Crippen MR) is 77.2 cm³/mol. The normalized spacial score (nSPS) is 10.8. The van der Waals surface area contributed by atoms with E-state index in [0.717, 1.165) is 11.8 Å². The number of para-hydroxylation sites is 1. The molecule has 110 valence electrons. The molecule has 0 spiro atoms. The van der Waals surface area contributed by atoms with Crippen LogP contribution in [0.3, 0.4) is 0 Å². The van der Waals surface area contributed by atoms with Crippen LogP contribution in [0.1, 0.15) is 11.3 Å². The van der Waals surface area contributed by atoms with E-state index in [1.54, 1.807) is 22.9 Å². The topological polar surface area (TPSA) is 73.6 Å². The van der Waals surface area contributed by atoms with Gasteiger partial charge in [-0.25, -0.2) is 4.79 Å². The second-order valence-electron chi connectivity index (χ2n) is 4.32. The van der Waals surface area contributed by atoms with Crippen LogP contribution in [-0.2, 0) is 18.4 Å². The summed E-state index contributed by atoms with van der Waals surface area (Å²) < 4.78 is 12.7. The lowest BCUT2D eigenvalue weighted by atomic mass is 10.1. The molecule has 0 bridgehead atoms. The van der Waals surface area contributed by atoms with Gasteiger partial charge in [0.15, 0.2) is 11.5 Å². The van der Waals surface area contributed by atoms with Crippen molar-refractivity contribution in [3.05, 3.63) is 47.8 Å². The molecule has 1 aromatic heterocycles. The highest BCUT2D eigenvalue weighted by molar-refractivity contribution is 5.86. The second kappa shape index (κ2) is 6.60. The standard InChI is InChI=1S/C15H16N2O4/c1-17-9-8-12(16-17)10-21-15-11(6-7-14(18)19)4-3-5-13(15)20-2/h3-9H,10H2,1-2H3,(H,18,19)/b7-6+. The van der Waals surface area contributed by atoms with Crippen molar-refractivity contribution in [1.82, 2.24) is 9.78 Å². The maximum absolute atomic E-state index is 10.6. The molecular formula is C15H16N2O4. The van der Waals surface area contributed by atoms with E-state index in [9.17, 15) is 4.79 Å². The molecule has 0 amide bonds. The lowest BCUT2D eigenvalue weighted by Gasteiger charge is -2.12. The number of methoxy groups -OCH3 is 1. The Morgan fingerprint density at radius 1 is 1.43 bits per heavy atom. The summed E-state index contributed by atoms with van der Waals surface area (Å²) in [5.74, 6) is 0.00937. The second-order valence-corrected chi connectivity index (χ2v) is 4.32. The van der Waals surface area contributed by atoms with Crippen molar-refractivity contribution in [2.45, 2.75) is 6.61 Å². The van der Waals surface area contributed by atoms with Gasteiger partial charge in [-0.2, -0.15) is 5.10 Å². The van der Waals surface area contributed by atoms with E-state index in [1.165, 1.54) is 13.2 Å². The maximum Gasteiger partial charge on any atom is 0.328 e. The monoisotopic (exact) mass is 288 g/mol. The molecule has 2 aromatic rings. The van der Waals surface area contributed by atoms with Crippen LogP contribution in [0.15, 0.2) is 36.5 Å². The number of hydrogen-bond acceptors (Lipinski definition) is 4. The summed E-state index contributed by atoms with van der Waals surface area (Å²) in [7, 11) is 3.36.